The van der Waals surface area contributed by atoms with Crippen molar-refractivity contribution in [1.29, 1.82) is 0 Å². The zero-order valence-corrected chi connectivity index (χ0v) is 10.5. The molecule has 0 aromatic heterocycles. The average Bonchev–Trinajstić information content (AvgIpc) is 2.11. The van der Waals surface area contributed by atoms with Gasteiger partial charge in [0.15, 0.2) is 0 Å². The largest absolute Gasteiger partial charge is 0.323 e. The van der Waals surface area contributed by atoms with E-state index in [1.165, 1.54) is 5.92 Å². The maximum Gasteiger partial charge on any atom is 0 e. The number of rotatable bonds is 0. The van der Waals surface area contributed by atoms with Crippen LogP contribution in [0.15, 0.2) is 18.2 Å². The molecule has 1 aliphatic carbocycles. The van der Waals surface area contributed by atoms with E-state index < -0.39 is 0 Å². The van der Waals surface area contributed by atoms with Gasteiger partial charge in [-0.05, 0) is 0 Å². The quantitative estimate of drug-likeness (QED) is 0.477. The minimum absolute atomic E-state index is 0. The van der Waals surface area contributed by atoms with E-state index in [9.17, 15) is 0 Å². The molecule has 0 N–H and O–H groups in total. The second kappa shape index (κ2) is 9.35. The van der Waals surface area contributed by atoms with Gasteiger partial charge < -0.3 is 5.92 Å². The molecule has 0 unspecified atom stereocenters. The fourth-order valence-corrected chi connectivity index (χ4v) is 0.340. The van der Waals surface area contributed by atoms with Crippen molar-refractivity contribution in [2.45, 2.75) is 27.2 Å². The Morgan fingerprint density at radius 1 is 1.30 bits per heavy atom. The van der Waals surface area contributed by atoms with Crippen LogP contribution in [0, 0.1) is 12.0 Å². The van der Waals surface area contributed by atoms with E-state index in [1.54, 1.807) is 0 Å². The van der Waals surface area contributed by atoms with Crippen LogP contribution in [0.4, 0.5) is 0 Å². The Kier molecular flexibility index (Phi) is 12.1. The Hall–Kier alpha value is 0.350. The first-order valence-corrected chi connectivity index (χ1v) is 3.22. The molecule has 0 saturated heterocycles. The molecule has 1 heteroatoms. The molecular weight excluding hydrogens is 287 g/mol. The van der Waals surface area contributed by atoms with Crippen LogP contribution in [0.1, 0.15) is 27.2 Å². The average molecular weight is 301 g/mol. The summed E-state index contributed by atoms with van der Waals surface area (Å²) in [5.74, 6) is 1.42. The summed E-state index contributed by atoms with van der Waals surface area (Å²) in [5, 5.41) is 0. The summed E-state index contributed by atoms with van der Waals surface area (Å²) in [6.45, 7) is 6.25. The molecule has 0 aromatic rings. The van der Waals surface area contributed by atoms with Gasteiger partial charge >= 0.3 is 0 Å². The Morgan fingerprint density at radius 2 is 1.80 bits per heavy atom. The van der Waals surface area contributed by atoms with E-state index in [0.29, 0.717) is 0 Å². The standard InChI is InChI=1S/C5H5.C4H9.Hf/c1-2-4-5-3-1;1-4(2)3;/h1-3H,4H2;1-3H3;/q2*-1;. The molecule has 0 atom stereocenters. The van der Waals surface area contributed by atoms with E-state index in [4.69, 9.17) is 0 Å². The van der Waals surface area contributed by atoms with Gasteiger partial charge in [0.05, 0.1) is 0 Å². The van der Waals surface area contributed by atoms with Crippen LogP contribution in [0.5, 0.6) is 0 Å². The van der Waals surface area contributed by atoms with E-state index in [-0.39, 0.29) is 25.8 Å². The fraction of sp³-hybridized carbons (Fsp3) is 0.444. The van der Waals surface area contributed by atoms with Crippen LogP contribution >= 0.6 is 0 Å². The SMILES string of the molecule is C[C-](C)C.[C-]1=CC=CC1.[Hf]. The summed E-state index contributed by atoms with van der Waals surface area (Å²) >= 11 is 0. The maximum absolute atomic E-state index is 2.99. The molecular formula is C9H14Hf-2. The third-order valence-electron chi connectivity index (χ3n) is 0.586. The van der Waals surface area contributed by atoms with Crippen molar-refractivity contribution in [2.24, 2.45) is 0 Å². The van der Waals surface area contributed by atoms with Crippen LogP contribution in [-0.2, 0) is 25.8 Å². The van der Waals surface area contributed by atoms with E-state index in [2.05, 4.69) is 32.9 Å². The van der Waals surface area contributed by atoms with E-state index in [1.807, 2.05) is 12.2 Å². The fourth-order valence-electron chi connectivity index (χ4n) is 0.340. The predicted molar refractivity (Wildman–Crippen MR) is 41.8 cm³/mol. The maximum atomic E-state index is 2.99. The van der Waals surface area contributed by atoms with E-state index >= 15 is 0 Å². The molecule has 0 radical (unpaired) electrons. The predicted octanol–water partition coefficient (Wildman–Crippen LogP) is 2.92. The van der Waals surface area contributed by atoms with Gasteiger partial charge in [-0.15, -0.1) is 6.42 Å². The molecule has 1 rings (SSSR count). The zero-order chi connectivity index (χ0) is 7.11. The third-order valence-corrected chi connectivity index (χ3v) is 0.586. The Bertz CT molecular complexity index is 88.5. The third kappa shape index (κ3) is 15.8. The monoisotopic (exact) mass is 302 g/mol. The molecule has 0 aromatic carbocycles. The molecule has 0 heterocycles. The first-order valence-electron chi connectivity index (χ1n) is 3.22. The molecule has 0 nitrogen and oxygen atoms in total. The summed E-state index contributed by atoms with van der Waals surface area (Å²) in [6, 6.07) is 0. The zero-order valence-electron chi connectivity index (χ0n) is 6.94. The summed E-state index contributed by atoms with van der Waals surface area (Å²) in [7, 11) is 0. The van der Waals surface area contributed by atoms with Gasteiger partial charge in [0, 0.05) is 25.8 Å². The summed E-state index contributed by atoms with van der Waals surface area (Å²) < 4.78 is 0. The van der Waals surface area contributed by atoms with Crippen molar-refractivity contribution in [3.8, 4) is 0 Å². The van der Waals surface area contributed by atoms with Crippen LogP contribution < -0.4 is 0 Å². The summed E-state index contributed by atoms with van der Waals surface area (Å²) in [6.07, 6.45) is 10.0. The van der Waals surface area contributed by atoms with Crippen molar-refractivity contribution in [2.75, 3.05) is 0 Å². The topological polar surface area (TPSA) is 0 Å². The second-order valence-electron chi connectivity index (χ2n) is 2.50. The summed E-state index contributed by atoms with van der Waals surface area (Å²) in [4.78, 5) is 0. The molecule has 0 spiro atoms. The van der Waals surface area contributed by atoms with Gasteiger partial charge in [0.1, 0.15) is 0 Å². The van der Waals surface area contributed by atoms with Crippen molar-refractivity contribution >= 4 is 0 Å². The van der Waals surface area contributed by atoms with Crippen molar-refractivity contribution in [3.63, 3.8) is 0 Å². The first kappa shape index (κ1) is 13.0. The molecule has 0 fully saturated rings. The van der Waals surface area contributed by atoms with Gasteiger partial charge in [-0.1, -0.05) is 0 Å². The Morgan fingerprint density at radius 3 is 1.90 bits per heavy atom. The number of hydrogen-bond donors (Lipinski definition) is 0. The molecule has 0 amide bonds. The van der Waals surface area contributed by atoms with Crippen molar-refractivity contribution < 1.29 is 25.8 Å². The number of hydrogen-bond acceptors (Lipinski definition) is 0. The number of allylic oxidation sites excluding steroid dienone is 4. The molecule has 0 saturated carbocycles. The van der Waals surface area contributed by atoms with E-state index in [0.717, 1.165) is 6.42 Å². The Balaban J connectivity index is 0. The van der Waals surface area contributed by atoms with Gasteiger partial charge in [0.25, 0.3) is 0 Å². The first-order chi connectivity index (χ1) is 4.23. The summed E-state index contributed by atoms with van der Waals surface area (Å²) in [5.41, 5.74) is 0. The molecule has 0 aliphatic heterocycles. The van der Waals surface area contributed by atoms with Crippen LogP contribution in [0.2, 0.25) is 0 Å². The van der Waals surface area contributed by atoms with Gasteiger partial charge in [-0.25, -0.2) is 12.2 Å². The Labute approximate surface area is 83.2 Å². The molecule has 56 valence electrons. The van der Waals surface area contributed by atoms with Gasteiger partial charge in [-0.3, -0.25) is 6.08 Å². The molecule has 1 aliphatic rings. The minimum atomic E-state index is 0. The van der Waals surface area contributed by atoms with Gasteiger partial charge in [-0.2, -0.15) is 26.8 Å². The van der Waals surface area contributed by atoms with Crippen molar-refractivity contribution in [1.82, 2.24) is 0 Å². The molecule has 10 heavy (non-hydrogen) atoms. The van der Waals surface area contributed by atoms with Crippen LogP contribution in [0.25, 0.3) is 0 Å². The normalized spacial score (nSPS) is 12.4. The van der Waals surface area contributed by atoms with Crippen LogP contribution in [-0.4, -0.2) is 0 Å². The van der Waals surface area contributed by atoms with Crippen molar-refractivity contribution in [3.05, 3.63) is 30.2 Å². The smallest absolute Gasteiger partial charge is 0 e. The van der Waals surface area contributed by atoms with Gasteiger partial charge in [0.2, 0.25) is 0 Å². The minimum Gasteiger partial charge on any atom is -0.323 e. The second-order valence-corrected chi connectivity index (χ2v) is 2.50. The molecule has 0 bridgehead atoms. The van der Waals surface area contributed by atoms with Crippen LogP contribution in [0.3, 0.4) is 0 Å².